The number of carbonyl (C=O) groups is 3. The van der Waals surface area contributed by atoms with E-state index in [9.17, 15) is 37.1 Å². The molecule has 0 saturated carbocycles. The number of benzene rings is 2. The van der Waals surface area contributed by atoms with Crippen LogP contribution in [0.5, 0.6) is 0 Å². The normalized spacial score (nSPS) is 12.5. The number of rotatable bonds is 11. The smallest absolute Gasteiger partial charge is 0.416 e. The maximum atomic E-state index is 13.9. The van der Waals surface area contributed by atoms with Gasteiger partial charge in [0.25, 0.3) is 11.8 Å². The zero-order chi connectivity index (χ0) is 26.9. The summed E-state index contributed by atoms with van der Waals surface area (Å²) in [6, 6.07) is 9.41. The Morgan fingerprint density at radius 3 is 2.36 bits per heavy atom. The van der Waals surface area contributed by atoms with E-state index < -0.39 is 52.6 Å². The zero-order valence-corrected chi connectivity index (χ0v) is 18.9. The molecule has 7 N–H and O–H groups in total. The van der Waals surface area contributed by atoms with Gasteiger partial charge in [0.15, 0.2) is 0 Å². The van der Waals surface area contributed by atoms with Crippen molar-refractivity contribution in [2.45, 2.75) is 25.1 Å². The molecule has 2 rings (SSSR count). The van der Waals surface area contributed by atoms with Crippen molar-refractivity contribution in [3.63, 3.8) is 0 Å². The van der Waals surface area contributed by atoms with Crippen molar-refractivity contribution < 1.29 is 37.1 Å². The number of carboxylic acid groups (broad SMARTS) is 1. The molecule has 194 valence electrons. The van der Waals surface area contributed by atoms with E-state index in [1.165, 1.54) is 0 Å². The first-order valence-corrected chi connectivity index (χ1v) is 10.6. The summed E-state index contributed by atoms with van der Waals surface area (Å²) in [6.07, 6.45) is -3.21. The van der Waals surface area contributed by atoms with Crippen molar-refractivity contribution in [3.05, 3.63) is 82.9 Å². The third-order valence-corrected chi connectivity index (χ3v) is 4.93. The summed E-state index contributed by atoms with van der Waals surface area (Å²) in [7, 11) is 0. The van der Waals surface area contributed by atoms with Crippen LogP contribution >= 0.6 is 0 Å². The van der Waals surface area contributed by atoms with Crippen molar-refractivity contribution in [3.8, 4) is 0 Å². The number of hydrazine groups is 1. The fourth-order valence-electron chi connectivity index (χ4n) is 3.03. The molecule has 0 spiro atoms. The van der Waals surface area contributed by atoms with E-state index in [2.05, 4.69) is 10.6 Å². The Balaban J connectivity index is 1.86. The van der Waals surface area contributed by atoms with E-state index in [-0.39, 0.29) is 25.6 Å². The van der Waals surface area contributed by atoms with Gasteiger partial charge in [-0.05, 0) is 36.6 Å². The zero-order valence-electron chi connectivity index (χ0n) is 18.9. The van der Waals surface area contributed by atoms with Crippen LogP contribution in [0.25, 0.3) is 0 Å². The molecule has 0 heterocycles. The van der Waals surface area contributed by atoms with E-state index in [0.717, 1.165) is 16.8 Å². The number of nitrogens with two attached hydrogens (primary N) is 2. The van der Waals surface area contributed by atoms with Crippen LogP contribution in [0.4, 0.5) is 17.6 Å². The van der Waals surface area contributed by atoms with Crippen molar-refractivity contribution in [1.29, 1.82) is 0 Å². The summed E-state index contributed by atoms with van der Waals surface area (Å²) in [5.41, 5.74) is 4.35. The van der Waals surface area contributed by atoms with Gasteiger partial charge in [0.05, 0.1) is 17.7 Å². The largest absolute Gasteiger partial charge is 0.480 e. The van der Waals surface area contributed by atoms with Crippen molar-refractivity contribution in [2.75, 3.05) is 13.1 Å². The highest BCUT2D eigenvalue weighted by Gasteiger charge is 2.31. The molecule has 36 heavy (non-hydrogen) atoms. The summed E-state index contributed by atoms with van der Waals surface area (Å²) < 4.78 is 51.7. The molecule has 0 fully saturated rings. The lowest BCUT2D eigenvalue weighted by Gasteiger charge is -2.17. The summed E-state index contributed by atoms with van der Waals surface area (Å²) in [5, 5.41) is 14.9. The molecule has 0 saturated heterocycles. The molecule has 2 aromatic rings. The number of halogens is 4. The van der Waals surface area contributed by atoms with Gasteiger partial charge in [-0.2, -0.15) is 13.2 Å². The van der Waals surface area contributed by atoms with E-state index in [0.29, 0.717) is 18.6 Å². The van der Waals surface area contributed by atoms with Gasteiger partial charge >= 0.3 is 12.1 Å². The standard InChI is InChI=1S/C23H25F4N5O4/c24-17-12-15(23(25,26)27)7-8-16(17)20(33)30-10-11-32(29)13-18(28)21(34)31-19(22(35)36)9-6-14-4-2-1-3-5-14/h1-5,7-8,12-13,19H,6,9-11,28-29H2,(H,30,33)(H,31,34)(H,35,36)/b18-13-. The fourth-order valence-corrected chi connectivity index (χ4v) is 3.03. The number of hydrogen-bond acceptors (Lipinski definition) is 6. The van der Waals surface area contributed by atoms with Gasteiger partial charge in [-0.25, -0.2) is 15.0 Å². The van der Waals surface area contributed by atoms with Crippen LogP contribution < -0.4 is 22.2 Å². The molecule has 1 unspecified atom stereocenters. The van der Waals surface area contributed by atoms with E-state index >= 15 is 0 Å². The minimum atomic E-state index is -4.75. The Kier molecular flexibility index (Phi) is 9.79. The minimum absolute atomic E-state index is 0.113. The fraction of sp³-hybridized carbons (Fsp3) is 0.261. The van der Waals surface area contributed by atoms with Crippen LogP contribution in [0.1, 0.15) is 27.9 Å². The van der Waals surface area contributed by atoms with Gasteiger partial charge < -0.3 is 26.5 Å². The van der Waals surface area contributed by atoms with Crippen LogP contribution in [0.15, 0.2) is 60.4 Å². The van der Waals surface area contributed by atoms with Gasteiger partial charge in [0.2, 0.25) is 0 Å². The Labute approximate surface area is 203 Å². The van der Waals surface area contributed by atoms with Crippen LogP contribution in [0.3, 0.4) is 0 Å². The summed E-state index contributed by atoms with van der Waals surface area (Å²) in [5.74, 6) is 1.27. The van der Waals surface area contributed by atoms with Crippen molar-refractivity contribution >= 4 is 17.8 Å². The molecule has 0 bridgehead atoms. The second-order valence-corrected chi connectivity index (χ2v) is 7.66. The third-order valence-electron chi connectivity index (χ3n) is 4.93. The predicted molar refractivity (Wildman–Crippen MR) is 121 cm³/mol. The lowest BCUT2D eigenvalue weighted by molar-refractivity contribution is -0.141. The topological polar surface area (TPSA) is 151 Å². The maximum Gasteiger partial charge on any atom is 0.416 e. The number of aryl methyl sites for hydroxylation is 1. The lowest BCUT2D eigenvalue weighted by atomic mass is 10.1. The van der Waals surface area contributed by atoms with Crippen LogP contribution in [0, 0.1) is 5.82 Å². The molecule has 2 aromatic carbocycles. The molecule has 2 amide bonds. The Bertz CT molecular complexity index is 1110. The number of alkyl halides is 3. The van der Waals surface area contributed by atoms with E-state index in [4.69, 9.17) is 11.6 Å². The molecule has 0 aliphatic rings. The predicted octanol–water partition coefficient (Wildman–Crippen LogP) is 1.75. The monoisotopic (exact) mass is 511 g/mol. The quantitative estimate of drug-likeness (QED) is 0.133. The molecule has 1 atom stereocenters. The molecular formula is C23H25F4N5O4. The number of hydrogen-bond donors (Lipinski definition) is 5. The van der Waals surface area contributed by atoms with Crippen LogP contribution in [0.2, 0.25) is 0 Å². The molecule has 13 heteroatoms. The first-order valence-electron chi connectivity index (χ1n) is 10.6. The van der Waals surface area contributed by atoms with Gasteiger partial charge in [-0.15, -0.1) is 0 Å². The van der Waals surface area contributed by atoms with Crippen LogP contribution in [-0.4, -0.2) is 47.0 Å². The van der Waals surface area contributed by atoms with Crippen LogP contribution in [-0.2, 0) is 22.2 Å². The second-order valence-electron chi connectivity index (χ2n) is 7.66. The highest BCUT2D eigenvalue weighted by molar-refractivity contribution is 5.95. The van der Waals surface area contributed by atoms with Gasteiger partial charge in [-0.1, -0.05) is 30.3 Å². The Morgan fingerprint density at radius 1 is 1.11 bits per heavy atom. The average Bonchev–Trinajstić information content (AvgIpc) is 2.81. The molecule has 0 radical (unpaired) electrons. The highest BCUT2D eigenvalue weighted by atomic mass is 19.4. The third kappa shape index (κ3) is 8.58. The van der Waals surface area contributed by atoms with Gasteiger partial charge in [-0.3, -0.25) is 9.59 Å². The van der Waals surface area contributed by atoms with E-state index in [1.54, 1.807) is 0 Å². The first-order chi connectivity index (χ1) is 16.9. The highest BCUT2D eigenvalue weighted by Crippen LogP contribution is 2.30. The number of nitrogens with one attached hydrogen (secondary N) is 2. The Morgan fingerprint density at radius 2 is 1.78 bits per heavy atom. The SMILES string of the molecule is N/C(=C\N(N)CCNC(=O)c1ccc(C(F)(F)F)cc1F)C(=O)NC(CCc1ccccc1)C(=O)O. The molecular weight excluding hydrogens is 486 g/mol. The minimum Gasteiger partial charge on any atom is -0.480 e. The number of amides is 2. The average molecular weight is 511 g/mol. The number of nitrogens with zero attached hydrogens (tertiary/aromatic N) is 1. The van der Waals surface area contributed by atoms with Gasteiger partial charge in [0.1, 0.15) is 17.6 Å². The maximum absolute atomic E-state index is 13.9. The first kappa shape index (κ1) is 28.1. The number of carboxylic acids is 1. The molecule has 0 aliphatic heterocycles. The summed E-state index contributed by atoms with van der Waals surface area (Å²) in [6.45, 7) is -0.283. The molecule has 0 aromatic heterocycles. The van der Waals surface area contributed by atoms with Crippen molar-refractivity contribution in [1.82, 2.24) is 15.6 Å². The molecule has 0 aliphatic carbocycles. The number of carbonyl (C=O) groups excluding carboxylic acids is 2. The Hall–Kier alpha value is -4.13. The second kappa shape index (κ2) is 12.5. The van der Waals surface area contributed by atoms with Gasteiger partial charge in [0, 0.05) is 12.7 Å². The molecule has 9 nitrogen and oxygen atoms in total. The summed E-state index contributed by atoms with van der Waals surface area (Å²) in [4.78, 5) is 35.8. The summed E-state index contributed by atoms with van der Waals surface area (Å²) >= 11 is 0. The van der Waals surface area contributed by atoms with E-state index in [1.807, 2.05) is 30.3 Å². The number of aliphatic carboxylic acids is 1. The lowest BCUT2D eigenvalue weighted by Crippen LogP contribution is -2.44. The van der Waals surface area contributed by atoms with Crippen molar-refractivity contribution in [2.24, 2.45) is 11.6 Å².